The van der Waals surface area contributed by atoms with Gasteiger partial charge >= 0.3 is 0 Å². The Morgan fingerprint density at radius 3 is 2.88 bits per heavy atom. The van der Waals surface area contributed by atoms with Crippen LogP contribution in [0, 0.1) is 0 Å². The van der Waals surface area contributed by atoms with Crippen molar-refractivity contribution >= 4 is 23.4 Å². The third-order valence-electron chi connectivity index (χ3n) is 4.54. The lowest BCUT2D eigenvalue weighted by Gasteiger charge is -2.26. The first-order valence-corrected chi connectivity index (χ1v) is 8.87. The second-order valence-corrected chi connectivity index (χ2v) is 6.68. The van der Waals surface area contributed by atoms with E-state index in [9.17, 15) is 9.59 Å². The van der Waals surface area contributed by atoms with Gasteiger partial charge in [0.2, 0.25) is 5.91 Å². The van der Waals surface area contributed by atoms with Crippen LogP contribution in [0.25, 0.3) is 0 Å². The van der Waals surface area contributed by atoms with Crippen LogP contribution in [0.4, 0.5) is 0 Å². The second kappa shape index (κ2) is 7.83. The largest absolute Gasteiger partial charge is 0.496 e. The molecular weight excluding hydrogens is 356 g/mol. The van der Waals surface area contributed by atoms with Crippen LogP contribution < -0.4 is 10.1 Å². The molecule has 3 rings (SSSR count). The van der Waals surface area contributed by atoms with Crippen LogP contribution in [0.1, 0.15) is 41.9 Å². The van der Waals surface area contributed by atoms with E-state index >= 15 is 0 Å². The van der Waals surface area contributed by atoms with Crippen molar-refractivity contribution in [3.63, 3.8) is 0 Å². The number of benzene rings is 1. The van der Waals surface area contributed by atoms with E-state index in [0.717, 1.165) is 6.42 Å². The molecule has 0 saturated carbocycles. The van der Waals surface area contributed by atoms with Crippen LogP contribution in [0.15, 0.2) is 41.0 Å². The molecule has 6 nitrogen and oxygen atoms in total. The Bertz CT molecular complexity index is 791. The summed E-state index contributed by atoms with van der Waals surface area (Å²) < 4.78 is 10.6. The number of rotatable bonds is 5. The molecule has 7 heteroatoms. The van der Waals surface area contributed by atoms with Crippen LogP contribution in [0.5, 0.6) is 5.75 Å². The molecule has 0 unspecified atom stereocenters. The number of amides is 2. The van der Waals surface area contributed by atoms with E-state index < -0.39 is 6.04 Å². The first kappa shape index (κ1) is 18.3. The van der Waals surface area contributed by atoms with Gasteiger partial charge in [-0.1, -0.05) is 11.6 Å². The Kier molecular flexibility index (Phi) is 5.52. The molecule has 26 heavy (non-hydrogen) atoms. The molecule has 2 heterocycles. The number of hydrogen-bond donors (Lipinski definition) is 1. The van der Waals surface area contributed by atoms with Crippen LogP contribution in [-0.2, 0) is 4.79 Å². The van der Waals surface area contributed by atoms with Crippen molar-refractivity contribution in [1.82, 2.24) is 10.2 Å². The average Bonchev–Trinajstić information content (AvgIpc) is 3.32. The maximum Gasteiger partial charge on any atom is 0.258 e. The van der Waals surface area contributed by atoms with E-state index in [0.29, 0.717) is 35.1 Å². The fraction of sp³-hybridized carbons (Fsp3) is 0.368. The van der Waals surface area contributed by atoms with Crippen molar-refractivity contribution in [2.75, 3.05) is 13.7 Å². The lowest BCUT2D eigenvalue weighted by molar-refractivity contribution is -0.125. The number of likely N-dealkylation sites (tertiary alicyclic amines) is 1. The monoisotopic (exact) mass is 376 g/mol. The minimum Gasteiger partial charge on any atom is -0.496 e. The second-order valence-electron chi connectivity index (χ2n) is 6.25. The summed E-state index contributed by atoms with van der Waals surface area (Å²) in [6, 6.07) is 7.67. The number of carbonyl (C=O) groups is 2. The Hall–Kier alpha value is -2.47. The van der Waals surface area contributed by atoms with E-state index in [-0.39, 0.29) is 17.9 Å². The molecular formula is C19H21ClN2O4. The van der Waals surface area contributed by atoms with Gasteiger partial charge in [0.25, 0.3) is 5.91 Å². The fourth-order valence-electron chi connectivity index (χ4n) is 3.20. The van der Waals surface area contributed by atoms with Crippen LogP contribution >= 0.6 is 11.6 Å². The van der Waals surface area contributed by atoms with Crippen molar-refractivity contribution in [3.8, 4) is 5.75 Å². The maximum atomic E-state index is 13.0. The van der Waals surface area contributed by atoms with Crippen molar-refractivity contribution in [2.24, 2.45) is 0 Å². The van der Waals surface area contributed by atoms with Gasteiger partial charge in [-0.2, -0.15) is 0 Å². The molecule has 138 valence electrons. The Labute approximate surface area is 157 Å². The van der Waals surface area contributed by atoms with Gasteiger partial charge in [0.1, 0.15) is 17.6 Å². The molecule has 1 fully saturated rings. The fourth-order valence-corrected chi connectivity index (χ4v) is 3.37. The molecule has 1 saturated heterocycles. The lowest BCUT2D eigenvalue weighted by atomic mass is 10.1. The highest BCUT2D eigenvalue weighted by molar-refractivity contribution is 6.31. The van der Waals surface area contributed by atoms with Crippen LogP contribution in [0.2, 0.25) is 5.02 Å². The number of methoxy groups -OCH3 is 1. The molecule has 2 amide bonds. The molecule has 0 bridgehead atoms. The van der Waals surface area contributed by atoms with E-state index in [1.165, 1.54) is 7.11 Å². The van der Waals surface area contributed by atoms with Crippen LogP contribution in [-0.4, -0.2) is 36.4 Å². The molecule has 1 aliphatic rings. The topological polar surface area (TPSA) is 71.8 Å². The Morgan fingerprint density at radius 1 is 1.38 bits per heavy atom. The quantitative estimate of drug-likeness (QED) is 0.867. The third-order valence-corrected chi connectivity index (χ3v) is 4.77. The normalized spacial score (nSPS) is 17.8. The number of nitrogens with zero attached hydrogens (tertiary/aromatic N) is 1. The van der Waals surface area contributed by atoms with Crippen LogP contribution in [0.3, 0.4) is 0 Å². The summed E-state index contributed by atoms with van der Waals surface area (Å²) in [5, 5.41) is 3.36. The zero-order chi connectivity index (χ0) is 18.7. The van der Waals surface area contributed by atoms with E-state index in [1.54, 1.807) is 41.5 Å². The number of carbonyl (C=O) groups excluding carboxylic acids is 2. The van der Waals surface area contributed by atoms with Crippen molar-refractivity contribution in [2.45, 2.75) is 31.8 Å². The first-order valence-electron chi connectivity index (χ1n) is 8.49. The summed E-state index contributed by atoms with van der Waals surface area (Å²) in [5.74, 6) is 0.661. The highest BCUT2D eigenvalue weighted by Crippen LogP contribution is 2.28. The number of furan rings is 1. The van der Waals surface area contributed by atoms with Crippen molar-refractivity contribution in [3.05, 3.63) is 52.9 Å². The van der Waals surface area contributed by atoms with Gasteiger partial charge in [0.15, 0.2) is 0 Å². The maximum absolute atomic E-state index is 13.0. The number of hydrogen-bond acceptors (Lipinski definition) is 4. The molecule has 1 aromatic carbocycles. The minimum atomic E-state index is -0.524. The SMILES string of the molecule is COc1ccc(Cl)cc1C(=O)N1CCC[C@@H]1C(=O)N[C@H](C)c1ccco1. The molecule has 1 aromatic heterocycles. The smallest absolute Gasteiger partial charge is 0.258 e. The molecule has 2 aromatic rings. The van der Waals surface area contributed by atoms with Gasteiger partial charge in [0, 0.05) is 11.6 Å². The molecule has 1 N–H and O–H groups in total. The molecule has 0 radical (unpaired) electrons. The van der Waals surface area contributed by atoms with Gasteiger partial charge < -0.3 is 19.4 Å². The van der Waals surface area contributed by atoms with Gasteiger partial charge in [0.05, 0.1) is 25.0 Å². The van der Waals surface area contributed by atoms with E-state index in [2.05, 4.69) is 5.32 Å². The predicted molar refractivity (Wildman–Crippen MR) is 97.3 cm³/mol. The van der Waals surface area contributed by atoms with Crippen molar-refractivity contribution < 1.29 is 18.7 Å². The average molecular weight is 377 g/mol. The zero-order valence-corrected chi connectivity index (χ0v) is 15.5. The number of halogens is 1. The first-order chi connectivity index (χ1) is 12.5. The van der Waals surface area contributed by atoms with Gasteiger partial charge in [-0.05, 0) is 50.1 Å². The summed E-state index contributed by atoms with van der Waals surface area (Å²) in [6.45, 7) is 2.36. The number of ether oxygens (including phenoxy) is 1. The highest BCUT2D eigenvalue weighted by atomic mass is 35.5. The molecule has 2 atom stereocenters. The Balaban J connectivity index is 1.76. The summed E-state index contributed by atoms with van der Waals surface area (Å²) >= 11 is 6.03. The molecule has 0 spiro atoms. The molecule has 0 aliphatic carbocycles. The summed E-state index contributed by atoms with van der Waals surface area (Å²) in [4.78, 5) is 27.3. The minimum absolute atomic E-state index is 0.194. The summed E-state index contributed by atoms with van der Waals surface area (Å²) in [5.41, 5.74) is 0.360. The highest BCUT2D eigenvalue weighted by Gasteiger charge is 2.36. The summed E-state index contributed by atoms with van der Waals surface area (Å²) in [6.07, 6.45) is 2.95. The zero-order valence-electron chi connectivity index (χ0n) is 14.7. The Morgan fingerprint density at radius 2 is 2.19 bits per heavy atom. The van der Waals surface area contributed by atoms with E-state index in [4.69, 9.17) is 20.8 Å². The van der Waals surface area contributed by atoms with Gasteiger partial charge in [-0.25, -0.2) is 0 Å². The van der Waals surface area contributed by atoms with E-state index in [1.807, 2.05) is 6.92 Å². The van der Waals surface area contributed by atoms with Gasteiger partial charge in [-0.15, -0.1) is 0 Å². The lowest BCUT2D eigenvalue weighted by Crippen LogP contribution is -2.46. The van der Waals surface area contributed by atoms with Crippen molar-refractivity contribution in [1.29, 1.82) is 0 Å². The number of nitrogens with one attached hydrogen (secondary N) is 1. The van der Waals surface area contributed by atoms with Gasteiger partial charge in [-0.3, -0.25) is 9.59 Å². The third kappa shape index (κ3) is 3.70. The standard InChI is InChI=1S/C19H21ClN2O4/c1-12(16-6-4-10-26-16)21-18(23)15-5-3-9-22(15)19(24)14-11-13(20)7-8-17(14)25-2/h4,6-8,10-12,15H,3,5,9H2,1-2H3,(H,21,23)/t12-,15-/m1/s1. The molecule has 1 aliphatic heterocycles. The summed E-state index contributed by atoms with van der Waals surface area (Å²) in [7, 11) is 1.50. The predicted octanol–water partition coefficient (Wildman–Crippen LogP) is 3.42.